The van der Waals surface area contributed by atoms with E-state index in [4.69, 9.17) is 32.7 Å². The molecule has 150 valence electrons. The number of hydrogen-bond acceptors (Lipinski definition) is 7. The Kier molecular flexibility index (Phi) is 5.55. The molecule has 2 aromatic rings. The molecule has 3 rings (SSSR count). The summed E-state index contributed by atoms with van der Waals surface area (Å²) in [5.41, 5.74) is 0.437. The van der Waals surface area contributed by atoms with E-state index in [1.54, 1.807) is 18.2 Å². The molecule has 0 radical (unpaired) electrons. The van der Waals surface area contributed by atoms with Gasteiger partial charge in [0, 0.05) is 5.92 Å². The van der Waals surface area contributed by atoms with Crippen molar-refractivity contribution >= 4 is 45.2 Å². The van der Waals surface area contributed by atoms with Crippen LogP contribution < -0.4 is 19.5 Å². The van der Waals surface area contributed by atoms with Crippen LogP contribution in [0.15, 0.2) is 35.2 Å². The second-order valence-electron chi connectivity index (χ2n) is 5.89. The van der Waals surface area contributed by atoms with Crippen molar-refractivity contribution in [3.8, 4) is 11.8 Å². The third-order valence-corrected chi connectivity index (χ3v) is 6.20. The number of rotatable bonds is 6. The number of hydrogen-bond donors (Lipinski definition) is 2. The normalized spacial score (nSPS) is 17.5. The third-order valence-electron chi connectivity index (χ3n) is 3.96. The number of nitrogens with one attached hydrogen (secondary N) is 2. The molecule has 1 heterocycles. The monoisotopic (exact) mass is 446 g/mol. The zero-order chi connectivity index (χ0) is 20.5. The molecule has 1 aliphatic carbocycles. The molecule has 1 aliphatic rings. The van der Waals surface area contributed by atoms with Gasteiger partial charge < -0.3 is 9.47 Å². The van der Waals surface area contributed by atoms with Crippen LogP contribution in [-0.2, 0) is 10.0 Å². The van der Waals surface area contributed by atoms with Gasteiger partial charge in [-0.25, -0.2) is 17.9 Å². The van der Waals surface area contributed by atoms with Crippen LogP contribution in [0.4, 0.5) is 10.7 Å². The quantitative estimate of drug-likeness (QED) is 0.654. The largest absolute Gasteiger partial charge is 0.481 e. The number of benzene rings is 1. The van der Waals surface area contributed by atoms with Crippen LogP contribution in [0.1, 0.15) is 17.9 Å². The molecular weight excluding hydrogens is 431 g/mol. The van der Waals surface area contributed by atoms with E-state index < -0.39 is 20.4 Å². The van der Waals surface area contributed by atoms with E-state index in [1.807, 2.05) is 4.72 Å². The van der Waals surface area contributed by atoms with E-state index in [9.17, 15) is 13.2 Å². The van der Waals surface area contributed by atoms with Gasteiger partial charge in [-0.3, -0.25) is 5.32 Å². The van der Waals surface area contributed by atoms with Crippen molar-refractivity contribution in [2.45, 2.75) is 21.6 Å². The van der Waals surface area contributed by atoms with Crippen LogP contribution in [0.5, 0.6) is 11.8 Å². The number of anilines is 1. The predicted molar refractivity (Wildman–Crippen MR) is 103 cm³/mol. The highest BCUT2D eigenvalue weighted by molar-refractivity contribution is 7.90. The number of nitrogens with zero attached hydrogens (tertiary/aromatic N) is 2. The number of ether oxygens (including phenoxy) is 2. The SMILES string of the molecule is COc1cc(OC)nc(NC(=O)NS(=O)(=O)c2ccccc2C2CC2(Cl)Cl)n1. The van der Waals surface area contributed by atoms with Crippen molar-refractivity contribution in [3.05, 3.63) is 35.9 Å². The summed E-state index contributed by atoms with van der Waals surface area (Å²) < 4.78 is 36.2. The second-order valence-corrected chi connectivity index (χ2v) is 9.08. The Hall–Kier alpha value is -2.30. The van der Waals surface area contributed by atoms with Gasteiger partial charge in [0.2, 0.25) is 17.7 Å². The Morgan fingerprint density at radius 3 is 2.29 bits per heavy atom. The van der Waals surface area contributed by atoms with Crippen LogP contribution in [0, 0.1) is 0 Å². The number of methoxy groups -OCH3 is 2. The number of amides is 2. The van der Waals surface area contributed by atoms with Gasteiger partial charge in [0.1, 0.15) is 4.33 Å². The summed E-state index contributed by atoms with van der Waals surface area (Å²) in [7, 11) is -1.45. The number of halogens is 2. The molecule has 9 nitrogen and oxygen atoms in total. The maximum atomic E-state index is 12.7. The van der Waals surface area contributed by atoms with Crippen molar-refractivity contribution in [3.63, 3.8) is 0 Å². The van der Waals surface area contributed by atoms with Crippen LogP contribution in [0.2, 0.25) is 0 Å². The smallest absolute Gasteiger partial charge is 0.335 e. The van der Waals surface area contributed by atoms with Gasteiger partial charge in [-0.2, -0.15) is 9.97 Å². The Balaban J connectivity index is 1.80. The molecule has 2 amide bonds. The van der Waals surface area contributed by atoms with Crippen molar-refractivity contribution in [1.29, 1.82) is 0 Å². The topological polar surface area (TPSA) is 120 Å². The van der Waals surface area contributed by atoms with E-state index >= 15 is 0 Å². The minimum absolute atomic E-state index is 0.0810. The molecule has 1 aromatic carbocycles. The summed E-state index contributed by atoms with van der Waals surface area (Å²) in [5, 5.41) is 2.23. The summed E-state index contributed by atoms with van der Waals surface area (Å²) in [5.74, 6) is -0.271. The maximum absolute atomic E-state index is 12.7. The molecule has 12 heteroatoms. The minimum atomic E-state index is -4.19. The summed E-state index contributed by atoms with van der Waals surface area (Å²) in [6.45, 7) is 0. The standard InChI is InChI=1S/C16H16Cl2N4O5S/c1-26-12-7-13(27-2)20-14(19-12)21-15(23)22-28(24,25)11-6-4-3-5-9(11)10-8-16(10,17)18/h3-7,10H,8H2,1-2H3,(H2,19,20,21,22,23). The molecule has 0 saturated heterocycles. The first-order valence-corrected chi connectivity index (χ1v) is 10.2. The van der Waals surface area contributed by atoms with Gasteiger partial charge >= 0.3 is 6.03 Å². The number of urea groups is 1. The van der Waals surface area contributed by atoms with Crippen molar-refractivity contribution < 1.29 is 22.7 Å². The number of carbonyl (C=O) groups excluding carboxylic acids is 1. The lowest BCUT2D eigenvalue weighted by molar-refractivity contribution is 0.256. The molecule has 2 N–H and O–H groups in total. The van der Waals surface area contributed by atoms with Crippen LogP contribution in [0.3, 0.4) is 0 Å². The average Bonchev–Trinajstić information content (AvgIpc) is 3.28. The lowest BCUT2D eigenvalue weighted by Crippen LogP contribution is -2.35. The second kappa shape index (κ2) is 7.61. The van der Waals surface area contributed by atoms with E-state index in [1.165, 1.54) is 26.4 Å². The molecule has 0 aliphatic heterocycles. The van der Waals surface area contributed by atoms with Gasteiger partial charge in [-0.05, 0) is 18.1 Å². The Labute approximate surface area is 171 Å². The summed E-state index contributed by atoms with van der Waals surface area (Å²) in [4.78, 5) is 19.9. The minimum Gasteiger partial charge on any atom is -0.481 e. The molecule has 28 heavy (non-hydrogen) atoms. The van der Waals surface area contributed by atoms with E-state index in [2.05, 4.69) is 15.3 Å². The highest BCUT2D eigenvalue weighted by Crippen LogP contribution is 2.60. The van der Waals surface area contributed by atoms with Crippen LogP contribution >= 0.6 is 23.2 Å². The molecule has 1 saturated carbocycles. The van der Waals surface area contributed by atoms with Crippen molar-refractivity contribution in [2.24, 2.45) is 0 Å². The first-order valence-electron chi connectivity index (χ1n) is 7.94. The fourth-order valence-corrected chi connectivity index (χ4v) is 4.26. The number of alkyl halides is 2. The van der Waals surface area contributed by atoms with Gasteiger partial charge in [-0.15, -0.1) is 23.2 Å². The summed E-state index contributed by atoms with van der Waals surface area (Å²) >= 11 is 12.1. The molecule has 1 fully saturated rings. The molecular formula is C16H16Cl2N4O5S. The van der Waals surface area contributed by atoms with E-state index in [-0.39, 0.29) is 28.5 Å². The van der Waals surface area contributed by atoms with E-state index in [0.29, 0.717) is 12.0 Å². The van der Waals surface area contributed by atoms with Gasteiger partial charge in [-0.1, -0.05) is 18.2 Å². The highest BCUT2D eigenvalue weighted by atomic mass is 35.5. The number of sulfonamides is 1. The number of carbonyl (C=O) groups is 1. The van der Waals surface area contributed by atoms with Crippen molar-refractivity contribution in [1.82, 2.24) is 14.7 Å². The van der Waals surface area contributed by atoms with Gasteiger partial charge in [0.05, 0.1) is 25.2 Å². The lowest BCUT2D eigenvalue weighted by Gasteiger charge is -2.12. The van der Waals surface area contributed by atoms with E-state index in [0.717, 1.165) is 0 Å². The van der Waals surface area contributed by atoms with Crippen molar-refractivity contribution in [2.75, 3.05) is 19.5 Å². The molecule has 1 atom stereocenters. The Bertz CT molecular complexity index is 994. The van der Waals surface area contributed by atoms with Crippen LogP contribution in [-0.4, -0.2) is 43.0 Å². The molecule has 0 bridgehead atoms. The summed E-state index contributed by atoms with van der Waals surface area (Å²) in [6.07, 6.45) is 0.423. The third kappa shape index (κ3) is 4.40. The highest BCUT2D eigenvalue weighted by Gasteiger charge is 2.53. The zero-order valence-electron chi connectivity index (χ0n) is 14.8. The molecule has 1 unspecified atom stereocenters. The number of aromatic nitrogens is 2. The van der Waals surface area contributed by atoms with Crippen LogP contribution in [0.25, 0.3) is 0 Å². The molecule has 1 aromatic heterocycles. The first-order chi connectivity index (χ1) is 13.2. The molecule has 0 spiro atoms. The Morgan fingerprint density at radius 1 is 1.18 bits per heavy atom. The zero-order valence-corrected chi connectivity index (χ0v) is 17.1. The van der Waals surface area contributed by atoms with Gasteiger partial charge in [0.15, 0.2) is 0 Å². The first kappa shape index (κ1) is 20.4. The maximum Gasteiger partial charge on any atom is 0.335 e. The van der Waals surface area contributed by atoms with Gasteiger partial charge in [0.25, 0.3) is 10.0 Å². The Morgan fingerprint density at radius 2 is 1.75 bits per heavy atom. The average molecular weight is 447 g/mol. The predicted octanol–water partition coefficient (Wildman–Crippen LogP) is 2.67. The fourth-order valence-electron chi connectivity index (χ4n) is 2.54. The lowest BCUT2D eigenvalue weighted by atomic mass is 10.1. The summed E-state index contributed by atoms with van der Waals surface area (Å²) in [6, 6.07) is 6.54. The fraction of sp³-hybridized carbons (Fsp3) is 0.312.